The summed E-state index contributed by atoms with van der Waals surface area (Å²) in [6.45, 7) is 0. The molecule has 0 bridgehead atoms. The molecule has 2 aromatic heterocycles. The molecule has 0 radical (unpaired) electrons. The van der Waals surface area contributed by atoms with Gasteiger partial charge in [0.05, 0.1) is 19.8 Å². The second-order valence-electron chi connectivity index (χ2n) is 2.75. The molecule has 0 amide bonds. The normalized spacial score (nSPS) is 11.2. The number of hydrogen-bond acceptors (Lipinski definition) is 4. The average molecular weight is 437 g/mol. The Labute approximate surface area is 149 Å². The fourth-order valence-corrected chi connectivity index (χ4v) is 8.39. The Kier molecular flexibility index (Phi) is 6.07. The first-order chi connectivity index (χ1) is 8.41. The predicted octanol–water partition coefficient (Wildman–Crippen LogP) is 8.53. The van der Waals surface area contributed by atoms with Crippen LogP contribution in [-0.2, 0) is 0 Å². The first kappa shape index (κ1) is 16.2. The minimum Gasteiger partial charge on any atom is -0.109 e. The van der Waals surface area contributed by atoms with Crippen molar-refractivity contribution in [1.29, 1.82) is 0 Å². The van der Waals surface area contributed by atoms with Gasteiger partial charge in [0, 0.05) is 0 Å². The lowest BCUT2D eigenvalue weighted by molar-refractivity contribution is 1.59. The zero-order chi connectivity index (χ0) is 13.4. The fourth-order valence-electron chi connectivity index (χ4n) is 0.913. The van der Waals surface area contributed by atoms with Gasteiger partial charge >= 0.3 is 0 Å². The summed E-state index contributed by atoms with van der Waals surface area (Å²) in [5, 5.41) is 0.885. The largest absolute Gasteiger partial charge is 0.114 e. The maximum atomic E-state index is 6.04. The number of thiophene rings is 2. The highest BCUT2D eigenvalue weighted by Gasteiger charge is 2.19. The predicted molar refractivity (Wildman–Crippen MR) is 90.4 cm³/mol. The van der Waals surface area contributed by atoms with Crippen LogP contribution in [0.15, 0.2) is 9.79 Å². The molecule has 18 heavy (non-hydrogen) atoms. The fraction of sp³-hybridized carbons (Fsp3) is 0. The van der Waals surface area contributed by atoms with E-state index in [0.29, 0.717) is 37.2 Å². The summed E-state index contributed by atoms with van der Waals surface area (Å²) >= 11 is 38.3. The maximum Gasteiger partial charge on any atom is 0.114 e. The molecule has 0 nitrogen and oxygen atoms in total. The standard InChI is InChI=1S/C8Cl6S4/c9-1-3(7(13)15-5(1)11)17-18-4-2(10)6(12)16-8(4)14. The number of hydrogen-bond donors (Lipinski definition) is 0. The quantitative estimate of drug-likeness (QED) is 0.442. The van der Waals surface area contributed by atoms with Gasteiger partial charge in [-0.15, -0.1) is 22.7 Å². The van der Waals surface area contributed by atoms with E-state index in [0.717, 1.165) is 0 Å². The van der Waals surface area contributed by atoms with Gasteiger partial charge in [-0.1, -0.05) is 69.6 Å². The summed E-state index contributed by atoms with van der Waals surface area (Å²) in [6, 6.07) is 0. The zero-order valence-corrected chi connectivity index (χ0v) is 15.7. The Balaban J connectivity index is 2.21. The van der Waals surface area contributed by atoms with E-state index >= 15 is 0 Å². The molecule has 10 heteroatoms. The summed E-state index contributed by atoms with van der Waals surface area (Å²) in [5.41, 5.74) is 0. The van der Waals surface area contributed by atoms with E-state index < -0.39 is 0 Å². The molecular weight excluding hydrogens is 437 g/mol. The SMILES string of the molecule is Clc1sc(Cl)c(SSc2c(Cl)sc(Cl)c2Cl)c1Cl. The van der Waals surface area contributed by atoms with E-state index in [1.165, 1.54) is 44.3 Å². The topological polar surface area (TPSA) is 0 Å². The Morgan fingerprint density at radius 3 is 1.11 bits per heavy atom. The Bertz CT molecular complexity index is 537. The molecule has 0 aliphatic carbocycles. The summed E-state index contributed by atoms with van der Waals surface area (Å²) in [7, 11) is 2.69. The molecule has 0 spiro atoms. The molecule has 0 saturated heterocycles. The van der Waals surface area contributed by atoms with Crippen LogP contribution < -0.4 is 0 Å². The van der Waals surface area contributed by atoms with Crippen LogP contribution in [0.25, 0.3) is 0 Å². The van der Waals surface area contributed by atoms with Crippen molar-refractivity contribution in [2.24, 2.45) is 0 Å². The summed E-state index contributed by atoms with van der Waals surface area (Å²) in [4.78, 5) is 1.40. The van der Waals surface area contributed by atoms with Crippen LogP contribution in [0, 0.1) is 0 Å². The van der Waals surface area contributed by atoms with Gasteiger partial charge in [-0.05, 0) is 21.6 Å². The van der Waals surface area contributed by atoms with Crippen molar-refractivity contribution in [2.75, 3.05) is 0 Å². The highest BCUT2D eigenvalue weighted by atomic mass is 35.5. The average Bonchev–Trinajstić information content (AvgIpc) is 2.67. The molecule has 2 heterocycles. The smallest absolute Gasteiger partial charge is 0.109 e. The molecule has 0 atom stereocenters. The number of rotatable bonds is 3. The summed E-state index contributed by atoms with van der Waals surface area (Å²) < 4.78 is 2.00. The molecule has 2 rings (SSSR count). The van der Waals surface area contributed by atoms with Gasteiger partial charge in [-0.25, -0.2) is 0 Å². The van der Waals surface area contributed by atoms with E-state index in [4.69, 9.17) is 69.6 Å². The zero-order valence-electron chi connectivity index (χ0n) is 7.90. The van der Waals surface area contributed by atoms with E-state index in [-0.39, 0.29) is 0 Å². The Hall–Kier alpha value is 1.84. The minimum atomic E-state index is 0.442. The van der Waals surface area contributed by atoms with Crippen LogP contribution >= 0.6 is 114 Å². The monoisotopic (exact) mass is 434 g/mol. The lowest BCUT2D eigenvalue weighted by Crippen LogP contribution is -1.67. The molecule has 2 aromatic rings. The van der Waals surface area contributed by atoms with Gasteiger partial charge in [0.25, 0.3) is 0 Å². The van der Waals surface area contributed by atoms with Crippen molar-refractivity contribution in [3.63, 3.8) is 0 Å². The van der Waals surface area contributed by atoms with Crippen molar-refractivity contribution in [2.45, 2.75) is 9.79 Å². The van der Waals surface area contributed by atoms with E-state index in [1.807, 2.05) is 0 Å². The first-order valence-electron chi connectivity index (χ1n) is 4.03. The molecule has 98 valence electrons. The molecule has 0 aliphatic heterocycles. The van der Waals surface area contributed by atoms with E-state index in [9.17, 15) is 0 Å². The van der Waals surface area contributed by atoms with Gasteiger partial charge in [0.1, 0.15) is 17.3 Å². The third kappa shape index (κ3) is 3.35. The van der Waals surface area contributed by atoms with Crippen LogP contribution in [0.3, 0.4) is 0 Å². The number of halogens is 6. The van der Waals surface area contributed by atoms with Gasteiger partial charge in [-0.3, -0.25) is 0 Å². The van der Waals surface area contributed by atoms with Crippen molar-refractivity contribution in [1.82, 2.24) is 0 Å². The highest BCUT2D eigenvalue weighted by Crippen LogP contribution is 2.55. The molecule has 0 N–H and O–H groups in total. The van der Waals surface area contributed by atoms with Crippen molar-refractivity contribution < 1.29 is 0 Å². The van der Waals surface area contributed by atoms with E-state index in [1.54, 1.807) is 0 Å². The first-order valence-corrected chi connectivity index (χ1v) is 10.1. The summed E-state index contributed by atoms with van der Waals surface area (Å²) in [6.07, 6.45) is 0. The van der Waals surface area contributed by atoms with Crippen LogP contribution in [0.2, 0.25) is 27.4 Å². The van der Waals surface area contributed by atoms with Crippen LogP contribution in [0.5, 0.6) is 0 Å². The second-order valence-corrected chi connectivity index (χ2v) is 10.1. The van der Waals surface area contributed by atoms with Crippen molar-refractivity contribution >= 4 is 114 Å². The molecule has 0 fully saturated rings. The van der Waals surface area contributed by atoms with Gasteiger partial charge in [-0.2, -0.15) is 0 Å². The van der Waals surface area contributed by atoms with Crippen molar-refractivity contribution in [3.8, 4) is 0 Å². The highest BCUT2D eigenvalue weighted by molar-refractivity contribution is 8.76. The maximum absolute atomic E-state index is 6.04. The third-order valence-corrected chi connectivity index (χ3v) is 9.25. The molecular formula is C8Cl6S4. The Morgan fingerprint density at radius 2 is 0.889 bits per heavy atom. The Morgan fingerprint density at radius 1 is 0.556 bits per heavy atom. The van der Waals surface area contributed by atoms with Crippen LogP contribution in [0.4, 0.5) is 0 Å². The molecule has 0 aromatic carbocycles. The molecule has 0 unspecified atom stereocenters. The molecule has 0 aliphatic rings. The second kappa shape index (κ2) is 6.73. The van der Waals surface area contributed by atoms with Crippen molar-refractivity contribution in [3.05, 3.63) is 27.4 Å². The van der Waals surface area contributed by atoms with Crippen LogP contribution in [0.1, 0.15) is 0 Å². The third-order valence-electron chi connectivity index (χ3n) is 1.67. The lowest BCUT2D eigenvalue weighted by Gasteiger charge is -2.00. The minimum absolute atomic E-state index is 0.442. The molecule has 0 saturated carbocycles. The van der Waals surface area contributed by atoms with E-state index in [2.05, 4.69) is 0 Å². The van der Waals surface area contributed by atoms with Gasteiger partial charge in [0.15, 0.2) is 0 Å². The van der Waals surface area contributed by atoms with Gasteiger partial charge < -0.3 is 0 Å². The van der Waals surface area contributed by atoms with Gasteiger partial charge in [0.2, 0.25) is 0 Å². The van der Waals surface area contributed by atoms with Crippen LogP contribution in [-0.4, -0.2) is 0 Å². The summed E-state index contributed by atoms with van der Waals surface area (Å²) in [5.74, 6) is 0. The lowest BCUT2D eigenvalue weighted by atomic mass is 10.6.